The van der Waals surface area contributed by atoms with Crippen LogP contribution in [0.3, 0.4) is 0 Å². The van der Waals surface area contributed by atoms with Gasteiger partial charge in [0.15, 0.2) is 0 Å². The molecule has 0 amide bonds. The molecule has 0 bridgehead atoms. The Balaban J connectivity index is 2.08. The van der Waals surface area contributed by atoms with Gasteiger partial charge in [-0.25, -0.2) is 0 Å². The van der Waals surface area contributed by atoms with Crippen molar-refractivity contribution in [2.24, 2.45) is 5.41 Å². The van der Waals surface area contributed by atoms with Gasteiger partial charge in [0, 0.05) is 0 Å². The third kappa shape index (κ3) is 1.76. The Morgan fingerprint density at radius 3 is 2.42 bits per heavy atom. The molecule has 0 radical (unpaired) electrons. The Kier molecular flexibility index (Phi) is 1.76. The minimum Gasteiger partial charge on any atom is -0.0780 e. The van der Waals surface area contributed by atoms with Crippen molar-refractivity contribution in [1.29, 1.82) is 0 Å². The number of rotatable bonds is 2. The first-order chi connectivity index (χ1) is 5.79. The minimum absolute atomic E-state index is 0.524. The molecule has 0 spiro atoms. The molecule has 0 atom stereocenters. The summed E-state index contributed by atoms with van der Waals surface area (Å²) in [4.78, 5) is 0. The molecule has 62 valence electrons. The van der Waals surface area contributed by atoms with Crippen LogP contribution < -0.4 is 0 Å². The van der Waals surface area contributed by atoms with E-state index in [2.05, 4.69) is 49.4 Å². The third-order valence-electron chi connectivity index (χ3n) is 2.52. The van der Waals surface area contributed by atoms with Gasteiger partial charge in [0.05, 0.1) is 0 Å². The molecule has 0 aromatic heterocycles. The predicted octanol–water partition coefficient (Wildman–Crippen LogP) is 3.50. The maximum absolute atomic E-state index is 2.34. The van der Waals surface area contributed by atoms with Crippen molar-refractivity contribution in [1.82, 2.24) is 0 Å². The van der Waals surface area contributed by atoms with Crippen LogP contribution in [0.2, 0.25) is 0 Å². The van der Waals surface area contributed by atoms with Gasteiger partial charge in [0.25, 0.3) is 0 Å². The molecule has 1 aliphatic carbocycles. The summed E-state index contributed by atoms with van der Waals surface area (Å²) in [6.45, 7) is 2.31. The largest absolute Gasteiger partial charge is 0.0780 e. The summed E-state index contributed by atoms with van der Waals surface area (Å²) >= 11 is 0. The minimum atomic E-state index is 0.524. The molecule has 1 aromatic carbocycles. The van der Waals surface area contributed by atoms with Crippen LogP contribution in [-0.4, -0.2) is 0 Å². The summed E-state index contributed by atoms with van der Waals surface area (Å²) in [6.07, 6.45) is 7.28. The maximum atomic E-state index is 2.34. The molecule has 1 fully saturated rings. The molecule has 12 heavy (non-hydrogen) atoms. The lowest BCUT2D eigenvalue weighted by Crippen LogP contribution is -1.83. The van der Waals surface area contributed by atoms with Crippen molar-refractivity contribution in [2.45, 2.75) is 19.8 Å². The average molecular weight is 158 g/mol. The predicted molar refractivity (Wildman–Crippen MR) is 52.8 cm³/mol. The summed E-state index contributed by atoms with van der Waals surface area (Å²) in [7, 11) is 0. The second-order valence-corrected chi connectivity index (χ2v) is 3.90. The van der Waals surface area contributed by atoms with Gasteiger partial charge in [0.1, 0.15) is 0 Å². The molecular weight excluding hydrogens is 144 g/mol. The van der Waals surface area contributed by atoms with Crippen LogP contribution in [0.4, 0.5) is 0 Å². The number of hydrogen-bond donors (Lipinski definition) is 0. The van der Waals surface area contributed by atoms with E-state index in [1.54, 1.807) is 0 Å². The van der Waals surface area contributed by atoms with Crippen LogP contribution in [0, 0.1) is 5.41 Å². The molecule has 0 aliphatic heterocycles. The molecule has 0 unspecified atom stereocenters. The van der Waals surface area contributed by atoms with E-state index in [1.807, 2.05) is 0 Å². The first kappa shape index (κ1) is 7.60. The summed E-state index contributed by atoms with van der Waals surface area (Å²) in [5.41, 5.74) is 1.83. The van der Waals surface area contributed by atoms with E-state index in [0.29, 0.717) is 5.41 Å². The standard InChI is InChI=1S/C12H14/c1-12(9-10-12)8-7-11-5-3-2-4-6-11/h2-8H,9-10H2,1H3/b8-7+. The van der Waals surface area contributed by atoms with Crippen molar-refractivity contribution in [2.75, 3.05) is 0 Å². The van der Waals surface area contributed by atoms with E-state index in [1.165, 1.54) is 18.4 Å². The zero-order valence-corrected chi connectivity index (χ0v) is 7.46. The molecule has 0 heterocycles. The maximum Gasteiger partial charge on any atom is -0.0143 e. The molecule has 0 saturated heterocycles. The zero-order chi connectivity index (χ0) is 8.44. The Morgan fingerprint density at radius 2 is 1.83 bits per heavy atom. The van der Waals surface area contributed by atoms with Crippen LogP contribution in [0.1, 0.15) is 25.3 Å². The van der Waals surface area contributed by atoms with E-state index < -0.39 is 0 Å². The van der Waals surface area contributed by atoms with Crippen molar-refractivity contribution >= 4 is 6.08 Å². The summed E-state index contributed by atoms with van der Waals surface area (Å²) in [6, 6.07) is 10.5. The highest BCUT2D eigenvalue weighted by molar-refractivity contribution is 5.50. The fourth-order valence-corrected chi connectivity index (χ4v) is 1.23. The number of hydrogen-bond acceptors (Lipinski definition) is 0. The zero-order valence-electron chi connectivity index (χ0n) is 7.46. The highest BCUT2D eigenvalue weighted by Crippen LogP contribution is 2.46. The Bertz CT molecular complexity index is 278. The molecule has 0 nitrogen and oxygen atoms in total. The molecule has 1 aliphatic rings. The molecule has 1 aromatic rings. The lowest BCUT2D eigenvalue weighted by Gasteiger charge is -1.97. The summed E-state index contributed by atoms with van der Waals surface area (Å²) < 4.78 is 0. The monoisotopic (exact) mass is 158 g/mol. The first-order valence-electron chi connectivity index (χ1n) is 4.53. The van der Waals surface area contributed by atoms with E-state index in [9.17, 15) is 0 Å². The lowest BCUT2D eigenvalue weighted by atomic mass is 10.1. The molecular formula is C12H14. The number of allylic oxidation sites excluding steroid dienone is 1. The van der Waals surface area contributed by atoms with Crippen LogP contribution >= 0.6 is 0 Å². The fourth-order valence-electron chi connectivity index (χ4n) is 1.23. The average Bonchev–Trinajstić information content (AvgIpc) is 2.84. The highest BCUT2D eigenvalue weighted by Gasteiger charge is 2.33. The Hall–Kier alpha value is -1.04. The topological polar surface area (TPSA) is 0 Å². The summed E-state index contributed by atoms with van der Waals surface area (Å²) in [5.74, 6) is 0. The Morgan fingerprint density at radius 1 is 1.17 bits per heavy atom. The van der Waals surface area contributed by atoms with Gasteiger partial charge in [-0.05, 0) is 23.8 Å². The quantitative estimate of drug-likeness (QED) is 0.618. The molecule has 1 saturated carbocycles. The van der Waals surface area contributed by atoms with Crippen molar-refractivity contribution in [3.8, 4) is 0 Å². The summed E-state index contributed by atoms with van der Waals surface area (Å²) in [5, 5.41) is 0. The van der Waals surface area contributed by atoms with E-state index in [-0.39, 0.29) is 0 Å². The highest BCUT2D eigenvalue weighted by atomic mass is 14.4. The normalized spacial score (nSPS) is 19.8. The SMILES string of the molecule is CC1(/C=C/c2ccccc2)CC1. The second-order valence-electron chi connectivity index (χ2n) is 3.90. The van der Waals surface area contributed by atoms with Gasteiger partial charge < -0.3 is 0 Å². The number of benzene rings is 1. The van der Waals surface area contributed by atoms with Gasteiger partial charge in [-0.15, -0.1) is 0 Å². The van der Waals surface area contributed by atoms with Crippen LogP contribution in [-0.2, 0) is 0 Å². The van der Waals surface area contributed by atoms with Crippen molar-refractivity contribution in [3.05, 3.63) is 42.0 Å². The fraction of sp³-hybridized carbons (Fsp3) is 0.333. The van der Waals surface area contributed by atoms with E-state index >= 15 is 0 Å². The lowest BCUT2D eigenvalue weighted by molar-refractivity contribution is 0.752. The molecule has 0 N–H and O–H groups in total. The van der Waals surface area contributed by atoms with Gasteiger partial charge in [-0.3, -0.25) is 0 Å². The van der Waals surface area contributed by atoms with Gasteiger partial charge in [-0.1, -0.05) is 49.4 Å². The van der Waals surface area contributed by atoms with Gasteiger partial charge in [0.2, 0.25) is 0 Å². The van der Waals surface area contributed by atoms with Gasteiger partial charge >= 0.3 is 0 Å². The molecule has 2 rings (SSSR count). The third-order valence-corrected chi connectivity index (χ3v) is 2.52. The van der Waals surface area contributed by atoms with Crippen LogP contribution in [0.5, 0.6) is 0 Å². The second kappa shape index (κ2) is 2.78. The smallest absolute Gasteiger partial charge is 0.0143 e. The van der Waals surface area contributed by atoms with Crippen LogP contribution in [0.25, 0.3) is 6.08 Å². The van der Waals surface area contributed by atoms with Gasteiger partial charge in [-0.2, -0.15) is 0 Å². The van der Waals surface area contributed by atoms with E-state index in [0.717, 1.165) is 0 Å². The van der Waals surface area contributed by atoms with Crippen molar-refractivity contribution < 1.29 is 0 Å². The Labute approximate surface area is 73.9 Å². The van der Waals surface area contributed by atoms with Crippen LogP contribution in [0.15, 0.2) is 36.4 Å². The molecule has 0 heteroatoms. The van der Waals surface area contributed by atoms with Crippen molar-refractivity contribution in [3.63, 3.8) is 0 Å². The van der Waals surface area contributed by atoms with E-state index in [4.69, 9.17) is 0 Å². The first-order valence-corrected chi connectivity index (χ1v) is 4.53.